The normalized spacial score (nSPS) is 10.8. The van der Waals surface area contributed by atoms with E-state index in [1.807, 2.05) is 22.9 Å². The van der Waals surface area contributed by atoms with Gasteiger partial charge in [-0.1, -0.05) is 35.5 Å². The van der Waals surface area contributed by atoms with Crippen molar-refractivity contribution in [1.82, 2.24) is 10.2 Å². The summed E-state index contributed by atoms with van der Waals surface area (Å²) in [6.07, 6.45) is 0. The second-order valence-electron chi connectivity index (χ2n) is 6.27. The van der Waals surface area contributed by atoms with E-state index in [1.165, 1.54) is 22.7 Å². The van der Waals surface area contributed by atoms with E-state index in [0.29, 0.717) is 27.0 Å². The quantitative estimate of drug-likeness (QED) is 0.229. The Kier molecular flexibility index (Phi) is 7.26. The Labute approximate surface area is 200 Å². The highest BCUT2D eigenvalue weighted by Crippen LogP contribution is 2.38. The van der Waals surface area contributed by atoms with Crippen molar-refractivity contribution in [1.29, 1.82) is 0 Å². The number of carbonyl (C=O) groups is 2. The zero-order valence-corrected chi connectivity index (χ0v) is 19.9. The van der Waals surface area contributed by atoms with Crippen molar-refractivity contribution in [2.75, 3.05) is 17.7 Å². The van der Waals surface area contributed by atoms with Gasteiger partial charge in [-0.15, -0.1) is 32.9 Å². The summed E-state index contributed by atoms with van der Waals surface area (Å²) in [5.41, 5.74) is 1.80. The second kappa shape index (κ2) is 10.3. The number of thiophene rings is 2. The fourth-order valence-electron chi connectivity index (χ4n) is 2.77. The van der Waals surface area contributed by atoms with Gasteiger partial charge < -0.3 is 14.5 Å². The summed E-state index contributed by atoms with van der Waals surface area (Å²) in [5, 5.41) is 15.8. The van der Waals surface area contributed by atoms with E-state index in [4.69, 9.17) is 20.8 Å². The fraction of sp³-hybridized carbons (Fsp3) is 0.143. The number of esters is 1. The van der Waals surface area contributed by atoms with Crippen LogP contribution in [-0.2, 0) is 9.53 Å². The van der Waals surface area contributed by atoms with Crippen LogP contribution in [-0.4, -0.2) is 34.4 Å². The average Bonchev–Trinajstić information content (AvgIpc) is 3.53. The smallest absolute Gasteiger partial charge is 0.341 e. The third kappa shape index (κ3) is 5.21. The van der Waals surface area contributed by atoms with Gasteiger partial charge in [0.25, 0.3) is 5.22 Å². The molecule has 11 heteroatoms. The molecule has 1 N–H and O–H groups in total. The van der Waals surface area contributed by atoms with Crippen molar-refractivity contribution in [2.45, 2.75) is 12.1 Å². The molecule has 0 aliphatic heterocycles. The minimum absolute atomic E-state index is 0.0334. The highest BCUT2D eigenvalue weighted by molar-refractivity contribution is 7.99. The van der Waals surface area contributed by atoms with E-state index >= 15 is 0 Å². The molecule has 0 atom stereocenters. The molecule has 1 aromatic carbocycles. The van der Waals surface area contributed by atoms with Gasteiger partial charge in [-0.25, -0.2) is 4.79 Å². The Hall–Kier alpha value is -2.66. The van der Waals surface area contributed by atoms with Gasteiger partial charge in [0.2, 0.25) is 11.8 Å². The van der Waals surface area contributed by atoms with E-state index in [2.05, 4.69) is 15.5 Å². The van der Waals surface area contributed by atoms with Crippen LogP contribution in [0.3, 0.4) is 0 Å². The molecule has 1 amide bonds. The van der Waals surface area contributed by atoms with Crippen LogP contribution in [0.1, 0.15) is 17.3 Å². The monoisotopic (exact) mass is 505 g/mol. The molecule has 3 aromatic heterocycles. The van der Waals surface area contributed by atoms with Crippen LogP contribution in [0.4, 0.5) is 5.00 Å². The number of hydrogen-bond acceptors (Lipinski definition) is 9. The number of aromatic nitrogens is 2. The van der Waals surface area contributed by atoms with E-state index in [0.717, 1.165) is 22.2 Å². The number of nitrogens with one attached hydrogen (secondary N) is 1. The Morgan fingerprint density at radius 2 is 2.09 bits per heavy atom. The van der Waals surface area contributed by atoms with Gasteiger partial charge in [0.1, 0.15) is 10.6 Å². The highest BCUT2D eigenvalue weighted by Gasteiger charge is 2.23. The predicted octanol–water partition coefficient (Wildman–Crippen LogP) is 6.09. The predicted molar refractivity (Wildman–Crippen MR) is 128 cm³/mol. The Balaban J connectivity index is 1.44. The summed E-state index contributed by atoms with van der Waals surface area (Å²) < 4.78 is 10.8. The van der Waals surface area contributed by atoms with Crippen LogP contribution in [0.5, 0.6) is 0 Å². The number of anilines is 1. The first kappa shape index (κ1) is 22.5. The van der Waals surface area contributed by atoms with E-state index in [-0.39, 0.29) is 23.5 Å². The molecule has 0 aliphatic carbocycles. The molecule has 0 bridgehead atoms. The average molecular weight is 506 g/mol. The SMILES string of the molecule is CCOC(=O)c1c(-c2cccs2)csc1NC(=O)CSc1nnc(-c2cccc(Cl)c2)o1. The van der Waals surface area contributed by atoms with Crippen molar-refractivity contribution in [3.63, 3.8) is 0 Å². The fourth-order valence-corrected chi connectivity index (χ4v) is 5.31. The zero-order chi connectivity index (χ0) is 22.5. The lowest BCUT2D eigenvalue weighted by Gasteiger charge is -2.07. The Bertz CT molecular complexity index is 1240. The number of carbonyl (C=O) groups excluding carboxylic acids is 2. The summed E-state index contributed by atoms with van der Waals surface area (Å²) in [5.74, 6) is -0.421. The zero-order valence-electron chi connectivity index (χ0n) is 16.7. The maximum Gasteiger partial charge on any atom is 0.341 e. The number of halogens is 1. The summed E-state index contributed by atoms with van der Waals surface area (Å²) in [6.45, 7) is 1.99. The van der Waals surface area contributed by atoms with Crippen LogP contribution in [0.25, 0.3) is 21.9 Å². The standard InChI is InChI=1S/C21H16ClN3O4S3/c1-2-28-20(27)17-14(15-7-4-8-30-15)10-31-19(17)23-16(26)11-32-21-25-24-18(29-21)12-5-3-6-13(22)9-12/h3-10H,2,11H2,1H3,(H,23,26). The lowest BCUT2D eigenvalue weighted by molar-refractivity contribution is -0.113. The Morgan fingerprint density at radius 3 is 2.84 bits per heavy atom. The van der Waals surface area contributed by atoms with Crippen molar-refractivity contribution < 1.29 is 18.7 Å². The lowest BCUT2D eigenvalue weighted by atomic mass is 10.1. The van der Waals surface area contributed by atoms with E-state index in [9.17, 15) is 9.59 Å². The Morgan fingerprint density at radius 1 is 1.22 bits per heavy atom. The molecule has 32 heavy (non-hydrogen) atoms. The molecule has 0 saturated heterocycles. The molecule has 164 valence electrons. The van der Waals surface area contributed by atoms with E-state index in [1.54, 1.807) is 31.2 Å². The van der Waals surface area contributed by atoms with Gasteiger partial charge in [-0.2, -0.15) is 0 Å². The summed E-state index contributed by atoms with van der Waals surface area (Å²) in [4.78, 5) is 26.0. The molecule has 0 unspecified atom stereocenters. The number of thioether (sulfide) groups is 1. The van der Waals surface area contributed by atoms with Gasteiger partial charge in [-0.3, -0.25) is 4.79 Å². The molecule has 3 heterocycles. The molecule has 4 aromatic rings. The topological polar surface area (TPSA) is 94.3 Å². The number of hydrogen-bond donors (Lipinski definition) is 1. The third-order valence-corrected chi connectivity index (χ3v) is 6.97. The summed E-state index contributed by atoms with van der Waals surface area (Å²) in [7, 11) is 0. The van der Waals surface area contributed by atoms with Gasteiger partial charge >= 0.3 is 5.97 Å². The van der Waals surface area contributed by atoms with E-state index < -0.39 is 5.97 Å². The maximum absolute atomic E-state index is 12.6. The van der Waals surface area contributed by atoms with Gasteiger partial charge in [0, 0.05) is 26.4 Å². The number of amides is 1. The number of ether oxygens (including phenoxy) is 1. The molecule has 0 spiro atoms. The molecular formula is C21H16ClN3O4S3. The lowest BCUT2D eigenvalue weighted by Crippen LogP contribution is -2.16. The van der Waals surface area contributed by atoms with Gasteiger partial charge in [-0.05, 0) is 36.6 Å². The number of rotatable bonds is 8. The van der Waals surface area contributed by atoms with Gasteiger partial charge in [0.05, 0.1) is 12.4 Å². The van der Waals surface area contributed by atoms with Crippen LogP contribution in [0.15, 0.2) is 56.8 Å². The third-order valence-electron chi connectivity index (χ3n) is 4.11. The minimum atomic E-state index is -0.469. The molecule has 0 fully saturated rings. The van der Waals surface area contributed by atoms with Crippen LogP contribution >= 0.6 is 46.0 Å². The van der Waals surface area contributed by atoms with Crippen molar-refractivity contribution in [3.05, 3.63) is 57.7 Å². The number of nitrogens with zero attached hydrogens (tertiary/aromatic N) is 2. The van der Waals surface area contributed by atoms with Crippen LogP contribution in [0, 0.1) is 0 Å². The van der Waals surface area contributed by atoms with Crippen molar-refractivity contribution >= 4 is 62.9 Å². The second-order valence-corrected chi connectivity index (χ2v) is 9.46. The van der Waals surface area contributed by atoms with Crippen molar-refractivity contribution in [3.8, 4) is 21.9 Å². The summed E-state index contributed by atoms with van der Waals surface area (Å²) in [6, 6.07) is 10.9. The first-order valence-corrected chi connectivity index (χ1v) is 12.5. The molecule has 7 nitrogen and oxygen atoms in total. The largest absolute Gasteiger partial charge is 0.462 e. The first-order valence-electron chi connectivity index (χ1n) is 9.39. The molecular weight excluding hydrogens is 490 g/mol. The number of benzene rings is 1. The highest BCUT2D eigenvalue weighted by atomic mass is 35.5. The minimum Gasteiger partial charge on any atom is -0.462 e. The molecule has 4 rings (SSSR count). The molecule has 0 radical (unpaired) electrons. The molecule has 0 saturated carbocycles. The van der Waals surface area contributed by atoms with Gasteiger partial charge in [0.15, 0.2) is 0 Å². The summed E-state index contributed by atoms with van der Waals surface area (Å²) >= 11 is 9.89. The molecule has 0 aliphatic rings. The maximum atomic E-state index is 12.6. The van der Waals surface area contributed by atoms with Crippen LogP contribution in [0.2, 0.25) is 5.02 Å². The van der Waals surface area contributed by atoms with Crippen molar-refractivity contribution in [2.24, 2.45) is 0 Å². The first-order chi connectivity index (χ1) is 15.5. The van der Waals surface area contributed by atoms with Crippen LogP contribution < -0.4 is 5.32 Å².